The average Bonchev–Trinajstić information content (AvgIpc) is 2.63. The Morgan fingerprint density at radius 1 is 1.26 bits per heavy atom. The van der Waals surface area contributed by atoms with E-state index in [1.165, 1.54) is 0 Å². The van der Waals surface area contributed by atoms with Gasteiger partial charge in [0.25, 0.3) is 0 Å². The lowest BCUT2D eigenvalue weighted by Gasteiger charge is -2.34. The normalized spacial score (nSPS) is 20.9. The molecule has 0 radical (unpaired) electrons. The third-order valence-corrected chi connectivity index (χ3v) is 4.73. The van der Waals surface area contributed by atoms with Crippen LogP contribution in [-0.4, -0.2) is 17.4 Å². The molecule has 4 heteroatoms. The van der Waals surface area contributed by atoms with Gasteiger partial charge in [0, 0.05) is 17.4 Å². The van der Waals surface area contributed by atoms with E-state index in [0.29, 0.717) is 6.54 Å². The average molecular weight is 422 g/mol. The van der Waals surface area contributed by atoms with Gasteiger partial charge in [0.05, 0.1) is 13.7 Å². The summed E-state index contributed by atoms with van der Waals surface area (Å²) in [4.78, 5) is 14.8. The van der Waals surface area contributed by atoms with E-state index in [-0.39, 0.29) is 11.8 Å². The zero-order valence-corrected chi connectivity index (χ0v) is 15.2. The number of para-hydroxylation sites is 1. The Morgan fingerprint density at radius 3 is 2.70 bits per heavy atom. The maximum atomic E-state index is 13.0. The molecule has 120 valence electrons. The molecule has 0 aliphatic carbocycles. The molecule has 23 heavy (non-hydrogen) atoms. The molecule has 1 aliphatic heterocycles. The van der Waals surface area contributed by atoms with Crippen molar-refractivity contribution in [3.63, 3.8) is 0 Å². The van der Waals surface area contributed by atoms with Crippen LogP contribution in [0.1, 0.15) is 18.9 Å². The summed E-state index contributed by atoms with van der Waals surface area (Å²) in [5.41, 5.74) is 2.86. The van der Waals surface area contributed by atoms with Crippen LogP contribution in [0.3, 0.4) is 0 Å². The van der Waals surface area contributed by atoms with Gasteiger partial charge in [-0.2, -0.15) is 0 Å². The summed E-state index contributed by atoms with van der Waals surface area (Å²) in [6.07, 6.45) is 0.261. The number of methoxy groups -OCH3 is 1. The lowest BCUT2D eigenvalue weighted by atomic mass is 9.89. The second-order valence-corrected chi connectivity index (χ2v) is 6.66. The Hall–Kier alpha value is -1.56. The van der Waals surface area contributed by atoms with Crippen molar-refractivity contribution < 1.29 is 10.9 Å². The molecule has 0 spiro atoms. The van der Waals surface area contributed by atoms with Gasteiger partial charge in [0.2, 0.25) is 5.91 Å². The van der Waals surface area contributed by atoms with Crippen molar-refractivity contribution in [2.75, 3.05) is 16.4 Å². The van der Waals surface area contributed by atoms with Crippen LogP contribution in [0.4, 0.5) is 5.69 Å². The van der Waals surface area contributed by atoms with Crippen molar-refractivity contribution in [3.05, 3.63) is 59.7 Å². The highest BCUT2D eigenvalue weighted by Gasteiger charge is 2.31. The number of hydrogen-bond acceptors (Lipinski definition) is 2. The molecule has 0 aromatic heterocycles. The number of rotatable bonds is 5. The number of anilines is 1. The van der Waals surface area contributed by atoms with E-state index in [9.17, 15) is 4.79 Å². The molecule has 3 rings (SSSR count). The molecule has 1 aliphatic rings. The Labute approximate surface area is 152 Å². The predicted molar refractivity (Wildman–Crippen MR) is 101 cm³/mol. The molecule has 0 saturated carbocycles. The number of carbonyl (C=O) groups excluding carboxylic acids is 1. The van der Waals surface area contributed by atoms with Crippen LogP contribution in [0.25, 0.3) is 0 Å². The van der Waals surface area contributed by atoms with Crippen molar-refractivity contribution in [1.29, 1.82) is 0 Å². The van der Waals surface area contributed by atoms with Crippen molar-refractivity contribution in [1.82, 2.24) is 0 Å². The maximum absolute atomic E-state index is 13.0. The molecule has 2 aromatic carbocycles. The van der Waals surface area contributed by atoms with Gasteiger partial charge in [-0.15, -0.1) is 0 Å². The predicted octanol–water partition coefficient (Wildman–Crippen LogP) is 4.23. The van der Waals surface area contributed by atoms with Crippen molar-refractivity contribution in [3.8, 4) is 5.75 Å². The molecule has 2 unspecified atom stereocenters. The maximum Gasteiger partial charge on any atom is 0.230 e. The molecule has 0 N–H and O–H groups in total. The summed E-state index contributed by atoms with van der Waals surface area (Å²) in [5.74, 6) is 0.592. The number of benzene rings is 2. The SMILES string of the molecule is [2H]C1c2ccccc2N(Cc2ccc(OC)cc2)C(=O)C1CCI. The van der Waals surface area contributed by atoms with Gasteiger partial charge in [0.1, 0.15) is 5.75 Å². The smallest absolute Gasteiger partial charge is 0.230 e. The summed E-state index contributed by atoms with van der Waals surface area (Å²) in [7, 11) is 1.64. The zero-order valence-electron chi connectivity index (χ0n) is 14.0. The van der Waals surface area contributed by atoms with E-state index in [4.69, 9.17) is 6.11 Å². The lowest BCUT2D eigenvalue weighted by Crippen LogP contribution is -2.41. The van der Waals surface area contributed by atoms with E-state index in [0.717, 1.165) is 33.4 Å². The minimum Gasteiger partial charge on any atom is -0.497 e. The monoisotopic (exact) mass is 422 g/mol. The van der Waals surface area contributed by atoms with E-state index in [1.807, 2.05) is 53.4 Å². The molecule has 2 aromatic rings. The van der Waals surface area contributed by atoms with Crippen LogP contribution >= 0.6 is 22.6 Å². The molecule has 0 fully saturated rings. The summed E-state index contributed by atoms with van der Waals surface area (Å²) in [6.45, 7) is 0.518. The molecule has 0 bridgehead atoms. The van der Waals surface area contributed by atoms with E-state index < -0.39 is 6.40 Å². The fraction of sp³-hybridized carbons (Fsp3) is 0.316. The standard InChI is InChI=1S/C19H20INO2/c1-23-17-8-6-14(7-9-17)13-21-18-5-3-2-4-15(18)12-16(10-11-20)19(21)22/h2-9,16H,10-13H2,1H3/i12D. The molecule has 2 atom stereocenters. The topological polar surface area (TPSA) is 29.5 Å². The first-order chi connectivity index (χ1) is 11.7. The minimum absolute atomic E-state index is 0.0567. The largest absolute Gasteiger partial charge is 0.497 e. The second kappa shape index (κ2) is 7.34. The van der Waals surface area contributed by atoms with Crippen LogP contribution in [0.5, 0.6) is 5.75 Å². The molecule has 1 heterocycles. The van der Waals surface area contributed by atoms with Gasteiger partial charge in [-0.1, -0.05) is 52.9 Å². The highest BCUT2D eigenvalue weighted by Crippen LogP contribution is 2.33. The third kappa shape index (κ3) is 3.52. The number of carbonyl (C=O) groups is 1. The minimum atomic E-state index is -0.476. The third-order valence-electron chi connectivity index (χ3n) is 4.11. The Bertz CT molecular complexity index is 720. The fourth-order valence-corrected chi connectivity index (χ4v) is 3.55. The fourth-order valence-electron chi connectivity index (χ4n) is 2.88. The van der Waals surface area contributed by atoms with E-state index >= 15 is 0 Å². The van der Waals surface area contributed by atoms with E-state index in [1.54, 1.807) is 7.11 Å². The number of amides is 1. The number of fused-ring (bicyclic) bond motifs is 1. The van der Waals surface area contributed by atoms with Crippen molar-refractivity contribution in [2.45, 2.75) is 19.4 Å². The highest BCUT2D eigenvalue weighted by molar-refractivity contribution is 14.1. The summed E-state index contributed by atoms with van der Waals surface area (Å²) >= 11 is 2.28. The van der Waals surface area contributed by atoms with Gasteiger partial charge in [-0.25, -0.2) is 0 Å². The van der Waals surface area contributed by atoms with Crippen LogP contribution < -0.4 is 9.64 Å². The summed E-state index contributed by atoms with van der Waals surface area (Å²) in [5, 5.41) is 0. The highest BCUT2D eigenvalue weighted by atomic mass is 127. The lowest BCUT2D eigenvalue weighted by molar-refractivity contribution is -0.123. The molecule has 3 nitrogen and oxygen atoms in total. The Morgan fingerprint density at radius 2 is 2.00 bits per heavy atom. The van der Waals surface area contributed by atoms with Crippen molar-refractivity contribution in [2.24, 2.45) is 5.92 Å². The number of halogens is 1. The van der Waals surface area contributed by atoms with Crippen LogP contribution in [-0.2, 0) is 17.7 Å². The summed E-state index contributed by atoms with van der Waals surface area (Å²) < 4.78 is 14.6. The van der Waals surface area contributed by atoms with Crippen LogP contribution in [0, 0.1) is 5.92 Å². The van der Waals surface area contributed by atoms with Crippen molar-refractivity contribution >= 4 is 34.2 Å². The zero-order chi connectivity index (χ0) is 17.1. The first kappa shape index (κ1) is 15.0. The molecular weight excluding hydrogens is 401 g/mol. The number of hydrogen-bond donors (Lipinski definition) is 0. The number of nitrogens with zero attached hydrogens (tertiary/aromatic N) is 1. The van der Waals surface area contributed by atoms with Gasteiger partial charge in [-0.3, -0.25) is 4.79 Å². The Balaban J connectivity index is 1.94. The first-order valence-corrected chi connectivity index (χ1v) is 9.19. The molecule has 1 amide bonds. The second-order valence-electron chi connectivity index (χ2n) is 5.58. The molecule has 0 saturated heterocycles. The van der Waals surface area contributed by atoms with Crippen LogP contribution in [0.15, 0.2) is 48.5 Å². The van der Waals surface area contributed by atoms with Gasteiger partial charge < -0.3 is 9.64 Å². The van der Waals surface area contributed by atoms with Gasteiger partial charge >= 0.3 is 0 Å². The summed E-state index contributed by atoms with van der Waals surface area (Å²) in [6, 6.07) is 15.6. The molecular formula is C19H20INO2. The Kier molecular flexibility index (Phi) is 4.79. The van der Waals surface area contributed by atoms with E-state index in [2.05, 4.69) is 22.6 Å². The number of ether oxygens (including phenoxy) is 1. The van der Waals surface area contributed by atoms with Gasteiger partial charge in [0.15, 0.2) is 0 Å². The van der Waals surface area contributed by atoms with Gasteiger partial charge in [-0.05, 0) is 42.1 Å². The van der Waals surface area contributed by atoms with Crippen LogP contribution in [0.2, 0.25) is 0 Å². The number of alkyl halides is 1. The first-order valence-electron chi connectivity index (χ1n) is 8.25. The quantitative estimate of drug-likeness (QED) is 0.534.